The van der Waals surface area contributed by atoms with Crippen LogP contribution >= 0.6 is 11.3 Å². The first-order chi connectivity index (χ1) is 11.1. The molecule has 0 unspecified atom stereocenters. The minimum Gasteiger partial charge on any atom is -0.493 e. The van der Waals surface area contributed by atoms with Crippen LogP contribution < -0.4 is 20.5 Å². The monoisotopic (exact) mass is 334 g/mol. The lowest BCUT2D eigenvalue weighted by Gasteiger charge is -2.09. The fourth-order valence-electron chi connectivity index (χ4n) is 2.03. The van der Waals surface area contributed by atoms with E-state index in [1.165, 1.54) is 4.88 Å². The number of aromatic nitrogens is 1. The van der Waals surface area contributed by atoms with Crippen molar-refractivity contribution in [2.75, 3.05) is 20.8 Å². The van der Waals surface area contributed by atoms with E-state index < -0.39 is 0 Å². The maximum Gasteiger partial charge on any atom is 0.188 e. The molecule has 6 nitrogen and oxygen atoms in total. The highest BCUT2D eigenvalue weighted by Crippen LogP contribution is 2.27. The third-order valence-corrected chi connectivity index (χ3v) is 4.17. The zero-order valence-corrected chi connectivity index (χ0v) is 14.4. The second kappa shape index (κ2) is 8.38. The van der Waals surface area contributed by atoms with Crippen molar-refractivity contribution >= 4 is 17.3 Å². The van der Waals surface area contributed by atoms with Gasteiger partial charge in [0, 0.05) is 24.0 Å². The molecule has 23 heavy (non-hydrogen) atoms. The molecule has 0 aliphatic carbocycles. The number of thiazole rings is 1. The summed E-state index contributed by atoms with van der Waals surface area (Å²) in [5.41, 5.74) is 6.89. The summed E-state index contributed by atoms with van der Waals surface area (Å²) in [5, 5.41) is 4.20. The van der Waals surface area contributed by atoms with Gasteiger partial charge in [-0.2, -0.15) is 0 Å². The molecule has 0 spiro atoms. The largest absolute Gasteiger partial charge is 0.493 e. The van der Waals surface area contributed by atoms with Crippen molar-refractivity contribution in [2.45, 2.75) is 19.9 Å². The molecular weight excluding hydrogens is 312 g/mol. The van der Waals surface area contributed by atoms with E-state index in [9.17, 15) is 0 Å². The number of methoxy groups -OCH3 is 2. The number of hydrogen-bond donors (Lipinski definition) is 2. The second-order valence-electron chi connectivity index (χ2n) is 4.93. The van der Waals surface area contributed by atoms with Crippen LogP contribution in [0.25, 0.3) is 0 Å². The highest BCUT2D eigenvalue weighted by Gasteiger charge is 2.04. The van der Waals surface area contributed by atoms with Crippen molar-refractivity contribution in [3.05, 3.63) is 39.8 Å². The summed E-state index contributed by atoms with van der Waals surface area (Å²) >= 11 is 1.70. The van der Waals surface area contributed by atoms with Gasteiger partial charge in [0.2, 0.25) is 0 Å². The predicted molar refractivity (Wildman–Crippen MR) is 93.4 cm³/mol. The van der Waals surface area contributed by atoms with E-state index in [4.69, 9.17) is 15.2 Å². The summed E-state index contributed by atoms with van der Waals surface area (Å²) in [7, 11) is 3.22. The van der Waals surface area contributed by atoms with Crippen molar-refractivity contribution in [1.29, 1.82) is 0 Å². The lowest BCUT2D eigenvalue weighted by atomic mass is 10.2. The van der Waals surface area contributed by atoms with Crippen LogP contribution in [0.5, 0.6) is 11.5 Å². The molecular formula is C16H22N4O2S. The molecule has 0 aliphatic heterocycles. The fraction of sp³-hybridized carbons (Fsp3) is 0.375. The first-order valence-electron chi connectivity index (χ1n) is 7.28. The highest BCUT2D eigenvalue weighted by atomic mass is 32.1. The number of nitrogens with zero attached hydrogens (tertiary/aromatic N) is 2. The number of aliphatic imine (C=N–C) groups is 1. The van der Waals surface area contributed by atoms with Gasteiger partial charge in [-0.25, -0.2) is 9.98 Å². The summed E-state index contributed by atoms with van der Waals surface area (Å²) in [6.07, 6.45) is 2.72. The van der Waals surface area contributed by atoms with Gasteiger partial charge in [0.1, 0.15) is 0 Å². The molecule has 3 N–H and O–H groups in total. The minimum absolute atomic E-state index is 0.424. The van der Waals surface area contributed by atoms with E-state index >= 15 is 0 Å². The molecule has 2 aromatic rings. The molecule has 0 amide bonds. The van der Waals surface area contributed by atoms with E-state index in [0.717, 1.165) is 17.0 Å². The average molecular weight is 334 g/mol. The van der Waals surface area contributed by atoms with Gasteiger partial charge in [-0.15, -0.1) is 11.3 Å². The number of hydrogen-bond acceptors (Lipinski definition) is 5. The maximum atomic E-state index is 5.88. The number of guanidine groups is 1. The first-order valence-corrected chi connectivity index (χ1v) is 8.10. The van der Waals surface area contributed by atoms with Gasteiger partial charge in [0.25, 0.3) is 0 Å². The Morgan fingerprint density at radius 2 is 2.09 bits per heavy atom. The van der Waals surface area contributed by atoms with Gasteiger partial charge in [-0.3, -0.25) is 0 Å². The van der Waals surface area contributed by atoms with Crippen LogP contribution in [0.3, 0.4) is 0 Å². The van der Waals surface area contributed by atoms with E-state index in [1.807, 2.05) is 31.3 Å². The second-order valence-corrected chi connectivity index (χ2v) is 6.25. The van der Waals surface area contributed by atoms with Gasteiger partial charge < -0.3 is 20.5 Å². The zero-order valence-electron chi connectivity index (χ0n) is 13.6. The van der Waals surface area contributed by atoms with Crippen molar-refractivity contribution in [3.63, 3.8) is 0 Å². The van der Waals surface area contributed by atoms with Crippen LogP contribution in [-0.2, 0) is 13.0 Å². The number of rotatable bonds is 7. The number of ether oxygens (including phenoxy) is 2. The quantitative estimate of drug-likeness (QED) is 0.599. The molecule has 0 radical (unpaired) electrons. The topological polar surface area (TPSA) is 81.8 Å². The SMILES string of the molecule is COc1ccc(CN=C(N)NCCc2ncc(C)s2)cc1OC. The number of aryl methyl sites for hydroxylation is 1. The third kappa shape index (κ3) is 5.14. The highest BCUT2D eigenvalue weighted by molar-refractivity contribution is 7.11. The summed E-state index contributed by atoms with van der Waals surface area (Å²) in [6, 6.07) is 5.70. The van der Waals surface area contributed by atoms with E-state index in [1.54, 1.807) is 25.6 Å². The lowest BCUT2D eigenvalue weighted by Crippen LogP contribution is -2.33. The molecule has 0 aliphatic rings. The van der Waals surface area contributed by atoms with Crippen molar-refractivity contribution in [1.82, 2.24) is 10.3 Å². The Balaban J connectivity index is 1.84. The Morgan fingerprint density at radius 3 is 2.74 bits per heavy atom. The van der Waals surface area contributed by atoms with E-state index in [-0.39, 0.29) is 0 Å². The zero-order chi connectivity index (χ0) is 16.7. The summed E-state index contributed by atoms with van der Waals surface area (Å²) < 4.78 is 10.5. The smallest absolute Gasteiger partial charge is 0.188 e. The molecule has 1 aromatic carbocycles. The van der Waals surface area contributed by atoms with Crippen LogP contribution in [0.15, 0.2) is 29.4 Å². The Bertz CT molecular complexity index is 670. The molecule has 1 aromatic heterocycles. The van der Waals surface area contributed by atoms with Gasteiger partial charge in [0.15, 0.2) is 17.5 Å². The standard InChI is InChI=1S/C16H22N4O2S/c1-11-9-19-15(23-11)6-7-18-16(17)20-10-12-4-5-13(21-2)14(8-12)22-3/h4-5,8-9H,6-7,10H2,1-3H3,(H3,17,18,20). The van der Waals surface area contributed by atoms with Crippen molar-refractivity contribution in [2.24, 2.45) is 10.7 Å². The fourth-order valence-corrected chi connectivity index (χ4v) is 2.81. The molecule has 0 saturated carbocycles. The van der Waals surface area contributed by atoms with Gasteiger partial charge in [-0.05, 0) is 24.6 Å². The average Bonchev–Trinajstić information content (AvgIpc) is 2.98. The normalized spacial score (nSPS) is 11.3. The molecule has 2 rings (SSSR count). The molecule has 0 atom stereocenters. The van der Waals surface area contributed by atoms with Gasteiger partial charge in [0.05, 0.1) is 25.8 Å². The Morgan fingerprint density at radius 1 is 1.30 bits per heavy atom. The van der Waals surface area contributed by atoms with Crippen molar-refractivity contribution < 1.29 is 9.47 Å². The van der Waals surface area contributed by atoms with Gasteiger partial charge in [-0.1, -0.05) is 6.07 Å². The van der Waals surface area contributed by atoms with E-state index in [0.29, 0.717) is 30.5 Å². The van der Waals surface area contributed by atoms with Crippen LogP contribution in [0, 0.1) is 6.92 Å². The predicted octanol–water partition coefficient (Wildman–Crippen LogP) is 2.12. The molecule has 0 saturated heterocycles. The van der Waals surface area contributed by atoms with Crippen LogP contribution in [0.4, 0.5) is 0 Å². The maximum absolute atomic E-state index is 5.88. The minimum atomic E-state index is 0.424. The Labute approximate surface area is 140 Å². The Kier molecular flexibility index (Phi) is 6.22. The molecule has 0 fully saturated rings. The van der Waals surface area contributed by atoms with Crippen LogP contribution in [0.1, 0.15) is 15.4 Å². The summed E-state index contributed by atoms with van der Waals surface area (Å²) in [4.78, 5) is 9.86. The number of nitrogens with one attached hydrogen (secondary N) is 1. The molecule has 0 bridgehead atoms. The van der Waals surface area contributed by atoms with Crippen LogP contribution in [-0.4, -0.2) is 31.7 Å². The lowest BCUT2D eigenvalue weighted by molar-refractivity contribution is 0.354. The number of nitrogens with two attached hydrogens (primary N) is 1. The molecule has 7 heteroatoms. The summed E-state index contributed by atoms with van der Waals surface area (Å²) in [5.74, 6) is 1.81. The van der Waals surface area contributed by atoms with E-state index in [2.05, 4.69) is 15.3 Å². The molecule has 1 heterocycles. The van der Waals surface area contributed by atoms with Crippen LogP contribution in [0.2, 0.25) is 0 Å². The molecule has 124 valence electrons. The third-order valence-electron chi connectivity index (χ3n) is 3.19. The van der Waals surface area contributed by atoms with Crippen molar-refractivity contribution in [3.8, 4) is 11.5 Å². The number of benzene rings is 1. The van der Waals surface area contributed by atoms with Gasteiger partial charge >= 0.3 is 0 Å². The Hall–Kier alpha value is -2.28. The first kappa shape index (κ1) is 17.1. The summed E-state index contributed by atoms with van der Waals surface area (Å²) in [6.45, 7) is 3.25.